The van der Waals surface area contributed by atoms with Crippen LogP contribution in [-0.2, 0) is 35.8 Å². The molecule has 0 unspecified atom stereocenters. The Kier molecular flexibility index (Phi) is 10.8. The van der Waals surface area contributed by atoms with Crippen LogP contribution in [0.15, 0.2) is 54.6 Å². The van der Waals surface area contributed by atoms with Gasteiger partial charge in [-0.2, -0.15) is 13.1 Å². The van der Waals surface area contributed by atoms with Crippen molar-refractivity contribution in [3.63, 3.8) is 0 Å². The Balaban J connectivity index is 1.28. The lowest BCUT2D eigenvalue weighted by Crippen LogP contribution is -2.59. The fourth-order valence-corrected chi connectivity index (χ4v) is 7.49. The summed E-state index contributed by atoms with van der Waals surface area (Å²) in [6.45, 7) is 5.61. The Hall–Kier alpha value is -3.97. The lowest BCUT2D eigenvalue weighted by Gasteiger charge is -2.30. The van der Waals surface area contributed by atoms with Gasteiger partial charge in [-0.15, -0.1) is 0 Å². The summed E-state index contributed by atoms with van der Waals surface area (Å²) in [5, 5.41) is 7.63. The maximum atomic E-state index is 13.8. The molecule has 2 aliphatic heterocycles. The van der Waals surface area contributed by atoms with Gasteiger partial charge in [-0.3, -0.25) is 14.4 Å². The number of fused-ring (bicyclic) bond motifs is 3. The normalized spacial score (nSPS) is 25.9. The molecule has 2 aromatic rings. The van der Waals surface area contributed by atoms with Crippen molar-refractivity contribution in [2.75, 3.05) is 13.1 Å². The van der Waals surface area contributed by atoms with Gasteiger partial charge in [0.2, 0.25) is 11.8 Å². The fraction of sp³-hybridized carbons (Fsp3) is 0.543. The van der Waals surface area contributed by atoms with E-state index in [1.807, 2.05) is 54.6 Å². The first-order valence-electron chi connectivity index (χ1n) is 16.9. The van der Waals surface area contributed by atoms with E-state index in [0.717, 1.165) is 29.2 Å². The molecule has 4 atom stereocenters. The number of alkyl carbamates (subject to hydrolysis) is 1. The van der Waals surface area contributed by atoms with E-state index in [4.69, 9.17) is 4.74 Å². The number of ether oxygens (including phenoxy) is 1. The van der Waals surface area contributed by atoms with Gasteiger partial charge in [0.05, 0.1) is 0 Å². The molecule has 0 spiro atoms. The number of nitrogens with one attached hydrogen (secondary N) is 4. The first-order valence-corrected chi connectivity index (χ1v) is 18.3. The summed E-state index contributed by atoms with van der Waals surface area (Å²) in [5.74, 6) is -2.13. The van der Waals surface area contributed by atoms with Crippen molar-refractivity contribution in [1.29, 1.82) is 0 Å². The molecule has 1 saturated carbocycles. The predicted molar refractivity (Wildman–Crippen MR) is 182 cm³/mol. The molecule has 12 nitrogen and oxygen atoms in total. The topological polar surface area (TPSA) is 163 Å². The number of carbonyl (C=O) groups is 4. The van der Waals surface area contributed by atoms with Gasteiger partial charge in [-0.05, 0) is 82.1 Å². The molecule has 4 amide bonds. The quantitative estimate of drug-likeness (QED) is 0.325. The molecule has 0 radical (unpaired) electrons. The van der Waals surface area contributed by atoms with Crippen LogP contribution in [0.5, 0.6) is 0 Å². The summed E-state index contributed by atoms with van der Waals surface area (Å²) in [6, 6.07) is 12.0. The Morgan fingerprint density at radius 2 is 1.79 bits per heavy atom. The van der Waals surface area contributed by atoms with E-state index in [1.54, 1.807) is 20.8 Å². The molecule has 48 heavy (non-hydrogen) atoms. The number of rotatable bonds is 7. The van der Waals surface area contributed by atoms with Crippen LogP contribution in [0.4, 0.5) is 4.79 Å². The van der Waals surface area contributed by atoms with Crippen LogP contribution in [0, 0.1) is 5.92 Å². The van der Waals surface area contributed by atoms with E-state index in [0.29, 0.717) is 45.1 Å². The van der Waals surface area contributed by atoms with E-state index in [-0.39, 0.29) is 18.9 Å². The zero-order valence-electron chi connectivity index (χ0n) is 27.9. The van der Waals surface area contributed by atoms with Crippen molar-refractivity contribution in [1.82, 2.24) is 25.0 Å². The third-order valence-corrected chi connectivity index (χ3v) is 10.2. The molecule has 1 saturated heterocycles. The van der Waals surface area contributed by atoms with Crippen LogP contribution in [0.1, 0.15) is 77.7 Å². The van der Waals surface area contributed by atoms with Gasteiger partial charge in [0.25, 0.3) is 5.91 Å². The van der Waals surface area contributed by atoms with Crippen LogP contribution in [0.3, 0.4) is 0 Å². The molecule has 2 fully saturated rings. The summed E-state index contributed by atoms with van der Waals surface area (Å²) in [5.41, 5.74) is -1.24. The molecular formula is C35H47N5O7S. The minimum atomic E-state index is -4.25. The third-order valence-electron chi connectivity index (χ3n) is 9.12. The molecule has 2 aromatic carbocycles. The van der Waals surface area contributed by atoms with Crippen LogP contribution < -0.4 is 20.1 Å². The summed E-state index contributed by atoms with van der Waals surface area (Å²) in [4.78, 5) is 55.3. The highest BCUT2D eigenvalue weighted by Gasteiger charge is 2.61. The second-order valence-corrected chi connectivity index (χ2v) is 15.4. The zero-order valence-corrected chi connectivity index (χ0v) is 28.7. The number of benzene rings is 2. The molecule has 5 rings (SSSR count). The molecular weight excluding hydrogens is 634 g/mol. The summed E-state index contributed by atoms with van der Waals surface area (Å²) >= 11 is 0. The fourth-order valence-electron chi connectivity index (χ4n) is 6.62. The molecule has 4 N–H and O–H groups in total. The minimum absolute atomic E-state index is 0.0664. The second-order valence-electron chi connectivity index (χ2n) is 13.9. The second kappa shape index (κ2) is 14.7. The minimum Gasteiger partial charge on any atom is -0.444 e. The van der Waals surface area contributed by atoms with Gasteiger partial charge in [0, 0.05) is 19.0 Å². The Labute approximate surface area is 282 Å². The van der Waals surface area contributed by atoms with Gasteiger partial charge in [0.15, 0.2) is 0 Å². The number of hydrogen-bond donors (Lipinski definition) is 4. The van der Waals surface area contributed by atoms with Crippen LogP contribution in [0.2, 0.25) is 0 Å². The number of carbonyl (C=O) groups excluding carboxylic acids is 4. The summed E-state index contributed by atoms with van der Waals surface area (Å²) < 4.78 is 36.1. The Bertz CT molecular complexity index is 1670. The van der Waals surface area contributed by atoms with Gasteiger partial charge in [0.1, 0.15) is 23.2 Å². The van der Waals surface area contributed by atoms with E-state index >= 15 is 0 Å². The highest BCUT2D eigenvalue weighted by atomic mass is 32.2. The van der Waals surface area contributed by atoms with Crippen molar-refractivity contribution in [3.8, 4) is 0 Å². The largest absolute Gasteiger partial charge is 0.444 e. The molecule has 260 valence electrons. The highest BCUT2D eigenvalue weighted by molar-refractivity contribution is 7.88. The molecule has 0 aromatic heterocycles. The predicted octanol–water partition coefficient (Wildman–Crippen LogP) is 3.61. The van der Waals surface area contributed by atoms with Gasteiger partial charge in [-0.25, -0.2) is 9.52 Å². The van der Waals surface area contributed by atoms with Gasteiger partial charge < -0.3 is 20.3 Å². The van der Waals surface area contributed by atoms with E-state index in [9.17, 15) is 27.6 Å². The van der Waals surface area contributed by atoms with Gasteiger partial charge in [-0.1, -0.05) is 67.5 Å². The smallest absolute Gasteiger partial charge is 0.408 e. The number of nitrogens with zero attached hydrogens (tertiary/aromatic N) is 1. The first kappa shape index (κ1) is 35.3. The Morgan fingerprint density at radius 3 is 2.58 bits per heavy atom. The number of allylic oxidation sites excluding steroid dienone is 1. The molecule has 2 heterocycles. The third kappa shape index (κ3) is 8.73. The van der Waals surface area contributed by atoms with Crippen molar-refractivity contribution < 1.29 is 32.3 Å². The molecule has 13 heteroatoms. The van der Waals surface area contributed by atoms with Crippen LogP contribution in [0.25, 0.3) is 10.8 Å². The van der Waals surface area contributed by atoms with Crippen LogP contribution >= 0.6 is 0 Å². The van der Waals surface area contributed by atoms with E-state index in [2.05, 4.69) is 20.1 Å². The van der Waals surface area contributed by atoms with Crippen molar-refractivity contribution in [2.24, 2.45) is 5.92 Å². The monoisotopic (exact) mass is 681 g/mol. The summed E-state index contributed by atoms with van der Waals surface area (Å²) in [7, 11) is -4.25. The van der Waals surface area contributed by atoms with Crippen LogP contribution in [-0.4, -0.2) is 73.4 Å². The summed E-state index contributed by atoms with van der Waals surface area (Å²) in [6.07, 6.45) is 8.13. The van der Waals surface area contributed by atoms with Crippen molar-refractivity contribution >= 4 is 44.8 Å². The SMILES string of the molecule is CC(C)(C)OC(=O)N[C@H]1CCCCC/C=C\[C@@H]2C[C@@]2(C(=O)NS(=O)(=O)NCCc2cccc3ccccc23)NC(=O)[C@@H]2CCCN2C1=O. The van der Waals surface area contributed by atoms with Crippen molar-refractivity contribution in [2.45, 2.75) is 102 Å². The molecule has 3 aliphatic rings. The molecule has 0 bridgehead atoms. The average Bonchev–Trinajstić information content (AvgIpc) is 3.48. The zero-order chi connectivity index (χ0) is 34.5. The average molecular weight is 682 g/mol. The lowest BCUT2D eigenvalue weighted by atomic mass is 10.0. The number of amides is 4. The first-order chi connectivity index (χ1) is 22.8. The molecule has 1 aliphatic carbocycles. The van der Waals surface area contributed by atoms with Gasteiger partial charge >= 0.3 is 16.3 Å². The van der Waals surface area contributed by atoms with E-state index < -0.39 is 57.3 Å². The maximum Gasteiger partial charge on any atom is 0.408 e. The standard InChI is InChI=1S/C35H47N5O7S/c1-34(2,3)47-33(44)37-28-18-8-6-4-5-7-16-26-23-35(26,38-30(41)29-19-12-22-40(29)31(28)42)32(43)39-48(45,46)36-21-20-25-15-11-14-24-13-9-10-17-27(24)25/h7,9-11,13-17,26,28-29,36H,4-6,8,12,18-23H2,1-3H3,(H,37,44)(H,38,41)(H,39,43)/b16-7-/t26-,28+,29+,35-/m1/s1. The Morgan fingerprint density at radius 1 is 1.02 bits per heavy atom. The maximum absolute atomic E-state index is 13.8. The lowest BCUT2D eigenvalue weighted by molar-refractivity contribution is -0.141. The van der Waals surface area contributed by atoms with E-state index in [1.165, 1.54) is 4.90 Å². The van der Waals surface area contributed by atoms with Crippen molar-refractivity contribution in [3.05, 3.63) is 60.2 Å². The number of hydrogen-bond acceptors (Lipinski definition) is 7. The highest BCUT2D eigenvalue weighted by Crippen LogP contribution is 2.45.